The first-order valence-electron chi connectivity index (χ1n) is 10.3. The highest BCUT2D eigenvalue weighted by Crippen LogP contribution is 2.42. The lowest BCUT2D eigenvalue weighted by atomic mass is 9.95. The summed E-state index contributed by atoms with van der Waals surface area (Å²) >= 11 is 1.66. The summed E-state index contributed by atoms with van der Waals surface area (Å²) in [6.45, 7) is 8.33. The second-order valence-corrected chi connectivity index (χ2v) is 9.10. The lowest BCUT2D eigenvalue weighted by Gasteiger charge is -2.38. The molecule has 1 N–H and O–H groups in total. The summed E-state index contributed by atoms with van der Waals surface area (Å²) in [5.74, 6) is -0.0681. The zero-order valence-electron chi connectivity index (χ0n) is 17.8. The molecule has 2 aromatic heterocycles. The van der Waals surface area contributed by atoms with Crippen molar-refractivity contribution in [3.05, 3.63) is 82.0 Å². The van der Waals surface area contributed by atoms with Crippen LogP contribution in [-0.2, 0) is 0 Å². The molecule has 6 heteroatoms. The van der Waals surface area contributed by atoms with Gasteiger partial charge >= 0.3 is 0 Å². The van der Waals surface area contributed by atoms with Crippen molar-refractivity contribution in [2.45, 2.75) is 19.9 Å². The minimum atomic E-state index is -0.0681. The molecule has 5 nitrogen and oxygen atoms in total. The van der Waals surface area contributed by atoms with Crippen molar-refractivity contribution in [1.82, 2.24) is 14.8 Å². The van der Waals surface area contributed by atoms with Crippen LogP contribution in [0.2, 0.25) is 0 Å². The highest BCUT2D eigenvalue weighted by molar-refractivity contribution is 7.16. The molecule has 0 aliphatic carbocycles. The van der Waals surface area contributed by atoms with E-state index in [1.54, 1.807) is 11.3 Å². The number of amides is 1. The summed E-state index contributed by atoms with van der Waals surface area (Å²) in [7, 11) is 2.17. The summed E-state index contributed by atoms with van der Waals surface area (Å²) in [5.41, 5.74) is 4.28. The van der Waals surface area contributed by atoms with E-state index >= 15 is 0 Å². The highest BCUT2D eigenvalue weighted by atomic mass is 32.1. The van der Waals surface area contributed by atoms with Crippen LogP contribution in [0.15, 0.2) is 54.9 Å². The first kappa shape index (κ1) is 20.7. The Hall–Kier alpha value is -2.54. The Bertz CT molecular complexity index is 995. The fraction of sp³-hybridized carbons (Fsp3) is 0.333. The van der Waals surface area contributed by atoms with E-state index in [-0.39, 0.29) is 11.9 Å². The second kappa shape index (κ2) is 9.08. The van der Waals surface area contributed by atoms with Gasteiger partial charge in [-0.15, -0.1) is 11.3 Å². The maximum atomic E-state index is 12.9. The number of likely N-dealkylation sites (N-methyl/N-ethyl adjacent to an activating group) is 1. The Morgan fingerprint density at radius 1 is 1.07 bits per heavy atom. The molecule has 1 atom stereocenters. The summed E-state index contributed by atoms with van der Waals surface area (Å²) in [6.07, 6.45) is 3.77. The Kier molecular flexibility index (Phi) is 6.27. The third kappa shape index (κ3) is 4.31. The maximum Gasteiger partial charge on any atom is 0.256 e. The van der Waals surface area contributed by atoms with Gasteiger partial charge in [-0.25, -0.2) is 0 Å². The van der Waals surface area contributed by atoms with Crippen molar-refractivity contribution in [3.8, 4) is 0 Å². The number of piperazine rings is 1. The molecule has 0 radical (unpaired) electrons. The van der Waals surface area contributed by atoms with E-state index < -0.39 is 0 Å². The predicted molar refractivity (Wildman–Crippen MR) is 123 cm³/mol. The van der Waals surface area contributed by atoms with Crippen LogP contribution in [0.5, 0.6) is 0 Å². The van der Waals surface area contributed by atoms with Crippen molar-refractivity contribution in [1.29, 1.82) is 0 Å². The van der Waals surface area contributed by atoms with Gasteiger partial charge in [0.1, 0.15) is 5.00 Å². The molecule has 3 aromatic rings. The Morgan fingerprint density at radius 2 is 1.80 bits per heavy atom. The fourth-order valence-electron chi connectivity index (χ4n) is 4.01. The number of carbonyl (C=O) groups excluding carboxylic acids is 1. The number of nitrogens with zero attached hydrogens (tertiary/aromatic N) is 3. The molecule has 0 saturated carbocycles. The number of thiophene rings is 1. The maximum absolute atomic E-state index is 12.9. The van der Waals surface area contributed by atoms with E-state index in [0.717, 1.165) is 36.7 Å². The number of hydrogen-bond donors (Lipinski definition) is 1. The number of aryl methyl sites for hydroxylation is 1. The van der Waals surface area contributed by atoms with Gasteiger partial charge in [-0.3, -0.25) is 14.7 Å². The lowest BCUT2D eigenvalue weighted by molar-refractivity contribution is 0.102. The molecule has 0 spiro atoms. The van der Waals surface area contributed by atoms with Crippen molar-refractivity contribution in [2.24, 2.45) is 0 Å². The van der Waals surface area contributed by atoms with Gasteiger partial charge in [0.2, 0.25) is 0 Å². The number of rotatable bonds is 5. The summed E-state index contributed by atoms with van der Waals surface area (Å²) in [5, 5.41) is 4.15. The van der Waals surface area contributed by atoms with Gasteiger partial charge in [-0.1, -0.05) is 24.3 Å². The van der Waals surface area contributed by atoms with E-state index in [9.17, 15) is 4.79 Å². The van der Waals surface area contributed by atoms with E-state index in [2.05, 4.69) is 47.1 Å². The van der Waals surface area contributed by atoms with E-state index in [1.807, 2.05) is 48.8 Å². The zero-order valence-corrected chi connectivity index (χ0v) is 18.6. The first-order chi connectivity index (χ1) is 14.5. The van der Waals surface area contributed by atoms with Gasteiger partial charge in [0.05, 0.1) is 6.04 Å². The molecular formula is C24H28N4OS. The van der Waals surface area contributed by atoms with E-state index in [4.69, 9.17) is 0 Å². The van der Waals surface area contributed by atoms with Crippen molar-refractivity contribution < 1.29 is 4.79 Å². The van der Waals surface area contributed by atoms with Gasteiger partial charge in [0.15, 0.2) is 0 Å². The normalized spacial score (nSPS) is 16.4. The van der Waals surface area contributed by atoms with Gasteiger partial charge < -0.3 is 10.2 Å². The standard InChI is InChI=1S/C24H28N4OS/c1-17-18(2)30-24(26-23(29)19-8-5-4-6-9-19)21(17)22(20-10-7-11-25-16-20)28-14-12-27(3)13-15-28/h4-11,16,22H,12-15H2,1-3H3,(H,26,29). The molecule has 1 aliphatic rings. The largest absolute Gasteiger partial charge is 0.313 e. The Morgan fingerprint density at radius 3 is 2.47 bits per heavy atom. The molecule has 3 heterocycles. The van der Waals surface area contributed by atoms with Crippen LogP contribution < -0.4 is 5.32 Å². The van der Waals surface area contributed by atoms with Crippen LogP contribution in [0.1, 0.15) is 38.0 Å². The number of pyridine rings is 1. The molecule has 0 bridgehead atoms. The number of nitrogens with one attached hydrogen (secondary N) is 1. The zero-order chi connectivity index (χ0) is 21.1. The minimum Gasteiger partial charge on any atom is -0.313 e. The number of hydrogen-bond acceptors (Lipinski definition) is 5. The smallest absolute Gasteiger partial charge is 0.256 e. The van der Waals surface area contributed by atoms with Crippen LogP contribution in [0.25, 0.3) is 0 Å². The number of aromatic nitrogens is 1. The monoisotopic (exact) mass is 420 g/mol. The molecule has 1 saturated heterocycles. The lowest BCUT2D eigenvalue weighted by Crippen LogP contribution is -2.46. The predicted octanol–water partition coefficient (Wildman–Crippen LogP) is 4.35. The molecule has 1 aromatic carbocycles. The van der Waals surface area contributed by atoms with Gasteiger partial charge in [0.25, 0.3) is 5.91 Å². The van der Waals surface area contributed by atoms with Crippen LogP contribution in [0.4, 0.5) is 5.00 Å². The minimum absolute atomic E-state index is 0.0681. The summed E-state index contributed by atoms with van der Waals surface area (Å²) < 4.78 is 0. The molecule has 1 unspecified atom stereocenters. The molecule has 4 rings (SSSR count). The second-order valence-electron chi connectivity index (χ2n) is 7.87. The molecule has 1 fully saturated rings. The molecule has 1 aliphatic heterocycles. The average Bonchev–Trinajstić information content (AvgIpc) is 3.04. The van der Waals surface area contributed by atoms with Gasteiger partial charge in [0, 0.05) is 54.6 Å². The molecule has 30 heavy (non-hydrogen) atoms. The van der Waals surface area contributed by atoms with Gasteiger partial charge in [-0.2, -0.15) is 0 Å². The topological polar surface area (TPSA) is 48.5 Å². The van der Waals surface area contributed by atoms with Crippen LogP contribution in [-0.4, -0.2) is 53.9 Å². The molecule has 1 amide bonds. The number of carbonyl (C=O) groups is 1. The Balaban J connectivity index is 1.74. The van der Waals surface area contributed by atoms with Crippen LogP contribution in [0, 0.1) is 13.8 Å². The third-order valence-corrected chi connectivity index (χ3v) is 7.01. The summed E-state index contributed by atoms with van der Waals surface area (Å²) in [6, 6.07) is 13.6. The number of benzene rings is 1. The first-order valence-corrected chi connectivity index (χ1v) is 11.1. The SMILES string of the molecule is Cc1sc(NC(=O)c2ccccc2)c(C(c2cccnc2)N2CCN(C)CC2)c1C. The average molecular weight is 421 g/mol. The van der Waals surface area contributed by atoms with Crippen molar-refractivity contribution >= 4 is 22.2 Å². The van der Waals surface area contributed by atoms with E-state index in [0.29, 0.717) is 5.56 Å². The van der Waals surface area contributed by atoms with Crippen LogP contribution >= 0.6 is 11.3 Å². The van der Waals surface area contributed by atoms with Crippen molar-refractivity contribution in [3.63, 3.8) is 0 Å². The Labute approximate surface area is 182 Å². The molecular weight excluding hydrogens is 392 g/mol. The van der Waals surface area contributed by atoms with Gasteiger partial charge in [-0.05, 0) is 50.2 Å². The van der Waals surface area contributed by atoms with Crippen molar-refractivity contribution in [2.75, 3.05) is 38.5 Å². The summed E-state index contributed by atoms with van der Waals surface area (Å²) in [4.78, 5) is 23.4. The fourth-order valence-corrected chi connectivity index (χ4v) is 5.10. The molecule has 156 valence electrons. The third-order valence-electron chi connectivity index (χ3n) is 5.87. The van der Waals surface area contributed by atoms with Crippen LogP contribution in [0.3, 0.4) is 0 Å². The number of anilines is 1. The quantitative estimate of drug-likeness (QED) is 0.667. The van der Waals surface area contributed by atoms with E-state index in [1.165, 1.54) is 16.0 Å². The highest BCUT2D eigenvalue weighted by Gasteiger charge is 2.31.